The molecule has 0 bridgehead atoms. The minimum atomic E-state index is 0.222. The SMILES string of the molecule is CCC(C)OC.CCC(C)OC(C)COC.COCC(C)C. The van der Waals surface area contributed by atoms with E-state index in [-0.39, 0.29) is 6.10 Å². The zero-order valence-corrected chi connectivity index (χ0v) is 16.8. The average molecular weight is 323 g/mol. The van der Waals surface area contributed by atoms with E-state index in [9.17, 15) is 0 Å². The summed E-state index contributed by atoms with van der Waals surface area (Å²) in [5, 5.41) is 0. The summed E-state index contributed by atoms with van der Waals surface area (Å²) in [7, 11) is 5.14. The smallest absolute Gasteiger partial charge is 0.0783 e. The van der Waals surface area contributed by atoms with Gasteiger partial charge in [0.05, 0.1) is 24.9 Å². The van der Waals surface area contributed by atoms with Crippen LogP contribution in [0, 0.1) is 5.92 Å². The molecule has 0 spiro atoms. The highest BCUT2D eigenvalue weighted by Gasteiger charge is 2.04. The van der Waals surface area contributed by atoms with Gasteiger partial charge in [-0.25, -0.2) is 0 Å². The normalized spacial score (nSPS) is 14.3. The van der Waals surface area contributed by atoms with Crippen LogP contribution in [0.5, 0.6) is 0 Å². The molecular formula is C18H42O4. The third-order valence-electron chi connectivity index (χ3n) is 2.92. The van der Waals surface area contributed by atoms with E-state index in [1.165, 1.54) is 0 Å². The van der Waals surface area contributed by atoms with E-state index < -0.39 is 0 Å². The molecular weight excluding hydrogens is 280 g/mol. The summed E-state index contributed by atoms with van der Waals surface area (Å²) in [5.41, 5.74) is 0. The fourth-order valence-electron chi connectivity index (χ4n) is 1.27. The van der Waals surface area contributed by atoms with E-state index in [2.05, 4.69) is 41.5 Å². The molecule has 0 fully saturated rings. The molecule has 4 nitrogen and oxygen atoms in total. The van der Waals surface area contributed by atoms with Crippen LogP contribution in [0.15, 0.2) is 0 Å². The maximum Gasteiger partial charge on any atom is 0.0783 e. The second kappa shape index (κ2) is 20.8. The van der Waals surface area contributed by atoms with Crippen molar-refractivity contribution in [3.63, 3.8) is 0 Å². The second-order valence-electron chi connectivity index (χ2n) is 5.92. The highest BCUT2D eigenvalue weighted by molar-refractivity contribution is 4.51. The first-order valence-electron chi connectivity index (χ1n) is 8.44. The first-order chi connectivity index (χ1) is 10.3. The number of rotatable bonds is 9. The first-order valence-corrected chi connectivity index (χ1v) is 8.44. The van der Waals surface area contributed by atoms with Crippen molar-refractivity contribution in [2.75, 3.05) is 34.5 Å². The standard InChI is InChI=1S/C8H18O2.2C5H12O/c1-5-7(2)10-8(3)6-9-4;1-5(2)4-6-3;1-4-5(2)6-3/h7-8H,5-6H2,1-4H3;2*5H,4H2,1-3H3. The van der Waals surface area contributed by atoms with Gasteiger partial charge in [-0.05, 0) is 39.5 Å². The van der Waals surface area contributed by atoms with Gasteiger partial charge in [0.15, 0.2) is 0 Å². The molecule has 0 aliphatic carbocycles. The molecule has 4 heteroatoms. The van der Waals surface area contributed by atoms with Crippen LogP contribution in [0.4, 0.5) is 0 Å². The lowest BCUT2D eigenvalue weighted by Gasteiger charge is -2.16. The Morgan fingerprint density at radius 1 is 0.636 bits per heavy atom. The second-order valence-corrected chi connectivity index (χ2v) is 5.92. The lowest BCUT2D eigenvalue weighted by molar-refractivity contribution is -0.0319. The summed E-state index contributed by atoms with van der Waals surface area (Å²) in [6.45, 7) is 16.2. The van der Waals surface area contributed by atoms with Crippen LogP contribution in [0.2, 0.25) is 0 Å². The fourth-order valence-corrected chi connectivity index (χ4v) is 1.27. The molecule has 0 aromatic carbocycles. The Balaban J connectivity index is -0.000000261. The molecule has 22 heavy (non-hydrogen) atoms. The monoisotopic (exact) mass is 322 g/mol. The lowest BCUT2D eigenvalue weighted by Crippen LogP contribution is -2.20. The maximum absolute atomic E-state index is 5.51. The van der Waals surface area contributed by atoms with Gasteiger partial charge in [0, 0.05) is 27.9 Å². The Hall–Kier alpha value is -0.160. The number of hydrogen-bond acceptors (Lipinski definition) is 4. The van der Waals surface area contributed by atoms with Crippen molar-refractivity contribution in [1.82, 2.24) is 0 Å². The highest BCUT2D eigenvalue weighted by Crippen LogP contribution is 2.01. The molecule has 3 atom stereocenters. The van der Waals surface area contributed by atoms with Gasteiger partial charge in [0.25, 0.3) is 0 Å². The zero-order valence-electron chi connectivity index (χ0n) is 16.8. The van der Waals surface area contributed by atoms with Gasteiger partial charge >= 0.3 is 0 Å². The van der Waals surface area contributed by atoms with Crippen LogP contribution in [0.25, 0.3) is 0 Å². The van der Waals surface area contributed by atoms with Gasteiger partial charge < -0.3 is 18.9 Å². The van der Waals surface area contributed by atoms with Gasteiger partial charge in [0.2, 0.25) is 0 Å². The summed E-state index contributed by atoms with van der Waals surface area (Å²) in [5.74, 6) is 0.676. The largest absolute Gasteiger partial charge is 0.384 e. The summed E-state index contributed by atoms with van der Waals surface area (Å²) < 4.78 is 20.1. The topological polar surface area (TPSA) is 36.9 Å². The van der Waals surface area contributed by atoms with E-state index in [0.717, 1.165) is 19.4 Å². The molecule has 0 aromatic heterocycles. The van der Waals surface area contributed by atoms with Crippen molar-refractivity contribution >= 4 is 0 Å². The number of methoxy groups -OCH3 is 3. The lowest BCUT2D eigenvalue weighted by atomic mass is 10.2. The molecule has 0 saturated carbocycles. The van der Waals surface area contributed by atoms with Crippen LogP contribution < -0.4 is 0 Å². The summed E-state index contributed by atoms with van der Waals surface area (Å²) in [4.78, 5) is 0. The molecule has 0 heterocycles. The molecule has 0 aliphatic heterocycles. The molecule has 0 radical (unpaired) electrons. The molecule has 0 amide bonds. The van der Waals surface area contributed by atoms with Crippen molar-refractivity contribution in [2.24, 2.45) is 5.92 Å². The molecule has 0 aromatic rings. The van der Waals surface area contributed by atoms with Crippen LogP contribution in [-0.2, 0) is 18.9 Å². The minimum Gasteiger partial charge on any atom is -0.384 e. The number of ether oxygens (including phenoxy) is 4. The molecule has 0 rings (SSSR count). The van der Waals surface area contributed by atoms with Crippen LogP contribution >= 0.6 is 0 Å². The Bertz CT molecular complexity index is 182. The third kappa shape index (κ3) is 28.1. The predicted octanol–water partition coefficient (Wildman–Crippen LogP) is 4.56. The van der Waals surface area contributed by atoms with Gasteiger partial charge in [0.1, 0.15) is 0 Å². The Labute approximate surface area is 139 Å². The summed E-state index contributed by atoms with van der Waals surface area (Å²) >= 11 is 0. The molecule has 138 valence electrons. The fraction of sp³-hybridized carbons (Fsp3) is 1.00. The average Bonchev–Trinajstić information content (AvgIpc) is 2.47. The predicted molar refractivity (Wildman–Crippen MR) is 95.7 cm³/mol. The maximum atomic E-state index is 5.51. The summed E-state index contributed by atoms with van der Waals surface area (Å²) in [6, 6.07) is 0. The van der Waals surface area contributed by atoms with E-state index >= 15 is 0 Å². The Kier molecular flexibility index (Phi) is 25.3. The Morgan fingerprint density at radius 2 is 1.09 bits per heavy atom. The van der Waals surface area contributed by atoms with Gasteiger partial charge in [-0.15, -0.1) is 0 Å². The Morgan fingerprint density at radius 3 is 1.27 bits per heavy atom. The van der Waals surface area contributed by atoms with E-state index in [0.29, 0.717) is 24.7 Å². The van der Waals surface area contributed by atoms with Crippen molar-refractivity contribution in [3.8, 4) is 0 Å². The minimum absolute atomic E-state index is 0.222. The highest BCUT2D eigenvalue weighted by atomic mass is 16.5. The first kappa shape index (κ1) is 26.7. The van der Waals surface area contributed by atoms with Crippen LogP contribution in [-0.4, -0.2) is 52.9 Å². The quantitative estimate of drug-likeness (QED) is 0.624. The molecule has 0 saturated heterocycles. The van der Waals surface area contributed by atoms with Crippen molar-refractivity contribution in [1.29, 1.82) is 0 Å². The van der Waals surface area contributed by atoms with Gasteiger partial charge in [-0.1, -0.05) is 27.7 Å². The molecule has 0 N–H and O–H groups in total. The molecule has 3 unspecified atom stereocenters. The molecule has 0 aliphatic rings. The number of hydrogen-bond donors (Lipinski definition) is 0. The third-order valence-corrected chi connectivity index (χ3v) is 2.92. The van der Waals surface area contributed by atoms with E-state index in [1.807, 2.05) is 6.92 Å². The van der Waals surface area contributed by atoms with Crippen molar-refractivity contribution in [2.45, 2.75) is 79.6 Å². The van der Waals surface area contributed by atoms with E-state index in [1.54, 1.807) is 21.3 Å². The van der Waals surface area contributed by atoms with Crippen LogP contribution in [0.1, 0.15) is 61.3 Å². The van der Waals surface area contributed by atoms with Crippen LogP contribution in [0.3, 0.4) is 0 Å². The zero-order chi connectivity index (χ0) is 18.0. The van der Waals surface area contributed by atoms with E-state index in [4.69, 9.17) is 18.9 Å². The van der Waals surface area contributed by atoms with Gasteiger partial charge in [-0.3, -0.25) is 0 Å². The van der Waals surface area contributed by atoms with Gasteiger partial charge in [-0.2, -0.15) is 0 Å². The summed E-state index contributed by atoms with van der Waals surface area (Å²) in [6.07, 6.45) is 3.18. The van der Waals surface area contributed by atoms with Crippen molar-refractivity contribution < 1.29 is 18.9 Å². The van der Waals surface area contributed by atoms with Crippen molar-refractivity contribution in [3.05, 3.63) is 0 Å².